The number of hydrogen-bond acceptors (Lipinski definition) is 6. The number of hydrogen-bond donors (Lipinski definition) is 0. The van der Waals surface area contributed by atoms with Gasteiger partial charge in [-0.05, 0) is 24.3 Å². The van der Waals surface area contributed by atoms with Crippen molar-refractivity contribution in [3.05, 3.63) is 48.0 Å². The minimum absolute atomic E-state index is 0.0639. The molecule has 2 aromatic rings. The molecule has 0 radical (unpaired) electrons. The molecule has 0 fully saturated rings. The summed E-state index contributed by atoms with van der Waals surface area (Å²) in [6.07, 6.45) is -0.371. The molecule has 0 N–H and O–H groups in total. The molecular formula is C18H18O6. The molecule has 3 rings (SSSR count). The van der Waals surface area contributed by atoms with Crippen LogP contribution in [0.2, 0.25) is 0 Å². The second-order valence-corrected chi connectivity index (χ2v) is 5.13. The van der Waals surface area contributed by atoms with E-state index in [4.69, 9.17) is 23.7 Å². The van der Waals surface area contributed by atoms with Crippen LogP contribution < -0.4 is 18.9 Å². The summed E-state index contributed by atoms with van der Waals surface area (Å²) in [7, 11) is 2.97. The summed E-state index contributed by atoms with van der Waals surface area (Å²) in [5, 5.41) is 0. The van der Waals surface area contributed by atoms with Gasteiger partial charge in [0.2, 0.25) is 0 Å². The first kappa shape index (κ1) is 16.0. The van der Waals surface area contributed by atoms with E-state index >= 15 is 0 Å². The molecule has 6 nitrogen and oxygen atoms in total. The van der Waals surface area contributed by atoms with E-state index in [2.05, 4.69) is 0 Å². The molecule has 24 heavy (non-hydrogen) atoms. The van der Waals surface area contributed by atoms with Gasteiger partial charge in [0.1, 0.15) is 30.3 Å². The maximum Gasteiger partial charge on any atom is 0.345 e. The predicted molar refractivity (Wildman–Crippen MR) is 86.2 cm³/mol. The average Bonchev–Trinajstić information content (AvgIpc) is 2.65. The van der Waals surface area contributed by atoms with Crippen molar-refractivity contribution in [1.29, 1.82) is 0 Å². The van der Waals surface area contributed by atoms with Gasteiger partial charge in [-0.3, -0.25) is 0 Å². The monoisotopic (exact) mass is 330 g/mol. The number of carbonyl (C=O) groups is 1. The molecule has 1 aliphatic rings. The summed E-state index contributed by atoms with van der Waals surface area (Å²) in [6.45, 7) is 0.377. The maximum atomic E-state index is 12.4. The summed E-state index contributed by atoms with van der Waals surface area (Å²) in [5.41, 5.74) is 0.250. The van der Waals surface area contributed by atoms with Gasteiger partial charge in [-0.2, -0.15) is 0 Å². The first-order chi connectivity index (χ1) is 11.7. The Morgan fingerprint density at radius 1 is 1.04 bits per heavy atom. The third-order valence-electron chi connectivity index (χ3n) is 3.60. The lowest BCUT2D eigenvalue weighted by Gasteiger charge is -2.26. The smallest absolute Gasteiger partial charge is 0.345 e. The van der Waals surface area contributed by atoms with Crippen LogP contribution >= 0.6 is 0 Å². The van der Waals surface area contributed by atoms with E-state index in [0.29, 0.717) is 29.6 Å². The first-order valence-corrected chi connectivity index (χ1v) is 7.49. The van der Waals surface area contributed by atoms with Gasteiger partial charge < -0.3 is 23.7 Å². The van der Waals surface area contributed by atoms with Crippen molar-refractivity contribution in [3.8, 4) is 23.0 Å². The number of methoxy groups -OCH3 is 2. The van der Waals surface area contributed by atoms with Crippen molar-refractivity contribution < 1.29 is 28.5 Å². The van der Waals surface area contributed by atoms with E-state index in [1.165, 1.54) is 14.2 Å². The van der Waals surface area contributed by atoms with Crippen molar-refractivity contribution in [1.82, 2.24) is 0 Å². The topological polar surface area (TPSA) is 63.2 Å². The SMILES string of the molecule is COc1cccc(OC)c1C(=O)OCC1COc2ccccc2O1. The Morgan fingerprint density at radius 3 is 2.38 bits per heavy atom. The van der Waals surface area contributed by atoms with Gasteiger partial charge in [0.15, 0.2) is 17.6 Å². The van der Waals surface area contributed by atoms with Crippen molar-refractivity contribution in [2.24, 2.45) is 0 Å². The zero-order chi connectivity index (χ0) is 16.9. The largest absolute Gasteiger partial charge is 0.496 e. The van der Waals surface area contributed by atoms with Crippen LogP contribution in [0.25, 0.3) is 0 Å². The molecule has 0 aliphatic carbocycles. The van der Waals surface area contributed by atoms with Gasteiger partial charge in [-0.1, -0.05) is 18.2 Å². The van der Waals surface area contributed by atoms with E-state index in [0.717, 1.165) is 0 Å². The van der Waals surface area contributed by atoms with Crippen LogP contribution in [0.3, 0.4) is 0 Å². The van der Waals surface area contributed by atoms with Crippen molar-refractivity contribution >= 4 is 5.97 Å². The number of para-hydroxylation sites is 2. The van der Waals surface area contributed by atoms with Gasteiger partial charge in [0.25, 0.3) is 0 Å². The summed E-state index contributed by atoms with van der Waals surface area (Å²) in [4.78, 5) is 12.4. The molecule has 1 atom stereocenters. The number of esters is 1. The first-order valence-electron chi connectivity index (χ1n) is 7.49. The highest BCUT2D eigenvalue weighted by Gasteiger charge is 2.25. The number of carbonyl (C=O) groups excluding carboxylic acids is 1. The summed E-state index contributed by atoms with van der Waals surface area (Å²) in [6, 6.07) is 12.5. The molecule has 1 unspecified atom stereocenters. The van der Waals surface area contributed by atoms with Gasteiger partial charge in [-0.15, -0.1) is 0 Å². The van der Waals surface area contributed by atoms with Crippen LogP contribution in [0.1, 0.15) is 10.4 Å². The minimum atomic E-state index is -0.535. The van der Waals surface area contributed by atoms with Crippen LogP contribution in [0.4, 0.5) is 0 Å². The Bertz CT molecular complexity index is 705. The standard InChI is InChI=1S/C18H18O6/c1-20-15-8-5-9-16(21-2)17(15)18(19)23-11-12-10-22-13-6-3-4-7-14(13)24-12/h3-9,12H,10-11H2,1-2H3. The van der Waals surface area contributed by atoms with Crippen LogP contribution in [-0.2, 0) is 4.74 Å². The average molecular weight is 330 g/mol. The zero-order valence-electron chi connectivity index (χ0n) is 13.5. The highest BCUT2D eigenvalue weighted by Crippen LogP contribution is 2.32. The van der Waals surface area contributed by atoms with Gasteiger partial charge >= 0.3 is 5.97 Å². The summed E-state index contributed by atoms with van der Waals surface area (Å²) < 4.78 is 27.1. The van der Waals surface area contributed by atoms with Crippen LogP contribution in [0, 0.1) is 0 Å². The second kappa shape index (κ2) is 7.12. The molecule has 0 spiro atoms. The van der Waals surface area contributed by atoms with E-state index in [1.807, 2.05) is 24.3 Å². The molecule has 0 amide bonds. The fourth-order valence-corrected chi connectivity index (χ4v) is 2.44. The highest BCUT2D eigenvalue weighted by atomic mass is 16.6. The Balaban J connectivity index is 1.67. The highest BCUT2D eigenvalue weighted by molar-refractivity contribution is 5.95. The fraction of sp³-hybridized carbons (Fsp3) is 0.278. The zero-order valence-corrected chi connectivity index (χ0v) is 13.5. The molecule has 1 heterocycles. The number of fused-ring (bicyclic) bond motifs is 1. The predicted octanol–water partition coefficient (Wildman–Crippen LogP) is 2.70. The Morgan fingerprint density at radius 2 is 1.71 bits per heavy atom. The molecule has 126 valence electrons. The van der Waals surface area contributed by atoms with Gasteiger partial charge in [0.05, 0.1) is 14.2 Å². The minimum Gasteiger partial charge on any atom is -0.496 e. The van der Waals surface area contributed by atoms with E-state index in [9.17, 15) is 4.79 Å². The Hall–Kier alpha value is -2.89. The summed E-state index contributed by atoms with van der Waals surface area (Å²) in [5.74, 6) is 1.58. The number of benzene rings is 2. The molecule has 2 aromatic carbocycles. The van der Waals surface area contributed by atoms with Gasteiger partial charge in [0, 0.05) is 0 Å². The lowest BCUT2D eigenvalue weighted by Crippen LogP contribution is -2.34. The van der Waals surface area contributed by atoms with Crippen LogP contribution in [0.15, 0.2) is 42.5 Å². The Kier molecular flexibility index (Phi) is 4.74. The van der Waals surface area contributed by atoms with Crippen molar-refractivity contribution in [3.63, 3.8) is 0 Å². The lowest BCUT2D eigenvalue weighted by atomic mass is 10.2. The molecule has 0 saturated heterocycles. The van der Waals surface area contributed by atoms with Crippen LogP contribution in [-0.4, -0.2) is 39.5 Å². The molecule has 0 bridgehead atoms. The van der Waals surface area contributed by atoms with E-state index in [1.54, 1.807) is 18.2 Å². The molecular weight excluding hydrogens is 312 g/mol. The van der Waals surface area contributed by atoms with Crippen molar-refractivity contribution in [2.45, 2.75) is 6.10 Å². The molecule has 6 heteroatoms. The summed E-state index contributed by atoms with van der Waals surface area (Å²) >= 11 is 0. The van der Waals surface area contributed by atoms with E-state index in [-0.39, 0.29) is 18.3 Å². The van der Waals surface area contributed by atoms with Crippen LogP contribution in [0.5, 0.6) is 23.0 Å². The molecule has 0 saturated carbocycles. The fourth-order valence-electron chi connectivity index (χ4n) is 2.44. The quantitative estimate of drug-likeness (QED) is 0.786. The van der Waals surface area contributed by atoms with Crippen molar-refractivity contribution in [2.75, 3.05) is 27.4 Å². The third-order valence-corrected chi connectivity index (χ3v) is 3.60. The maximum absolute atomic E-state index is 12.4. The molecule has 1 aliphatic heterocycles. The van der Waals surface area contributed by atoms with E-state index < -0.39 is 5.97 Å². The molecule has 0 aromatic heterocycles. The normalized spacial score (nSPS) is 15.5. The third kappa shape index (κ3) is 3.22. The lowest BCUT2D eigenvalue weighted by molar-refractivity contribution is 0.0105. The second-order valence-electron chi connectivity index (χ2n) is 5.13. The number of rotatable bonds is 5. The number of ether oxygens (including phenoxy) is 5. The van der Waals surface area contributed by atoms with Gasteiger partial charge in [-0.25, -0.2) is 4.79 Å². The Labute approximate surface area is 139 Å².